The van der Waals surface area contributed by atoms with Crippen LogP contribution in [0.1, 0.15) is 45.7 Å². The zero-order valence-electron chi connectivity index (χ0n) is 10.9. The fourth-order valence-corrected chi connectivity index (χ4v) is 3.17. The van der Waals surface area contributed by atoms with Gasteiger partial charge in [-0.3, -0.25) is 0 Å². The fourth-order valence-electron chi connectivity index (χ4n) is 3.17. The van der Waals surface area contributed by atoms with Crippen molar-refractivity contribution in [3.63, 3.8) is 0 Å². The summed E-state index contributed by atoms with van der Waals surface area (Å²) in [5.74, 6) is 0. The normalized spacial score (nSPS) is 33.3. The van der Waals surface area contributed by atoms with Crippen LogP contribution in [0.2, 0.25) is 0 Å². The third-order valence-electron chi connectivity index (χ3n) is 3.75. The van der Waals surface area contributed by atoms with Crippen molar-refractivity contribution in [2.45, 2.75) is 56.6 Å². The van der Waals surface area contributed by atoms with Gasteiger partial charge in [0.15, 0.2) is 0 Å². The molecule has 3 aliphatic rings. The molecule has 0 aliphatic heterocycles. The maximum absolute atomic E-state index is 11.7. The Labute approximate surface area is 105 Å². The SMILES string of the molecule is CC(C)(C)OC(=O)NC12CC(c3cn[nH]n3)(C1)C2. The van der Waals surface area contributed by atoms with Crippen LogP contribution in [0.25, 0.3) is 0 Å². The Morgan fingerprint density at radius 1 is 1.44 bits per heavy atom. The Bertz CT molecular complexity index is 455. The molecule has 2 bridgehead atoms. The van der Waals surface area contributed by atoms with Gasteiger partial charge in [0.2, 0.25) is 0 Å². The van der Waals surface area contributed by atoms with E-state index in [0.717, 1.165) is 25.0 Å². The van der Waals surface area contributed by atoms with Crippen LogP contribution in [0.5, 0.6) is 0 Å². The number of aromatic nitrogens is 3. The van der Waals surface area contributed by atoms with Crippen molar-refractivity contribution in [1.29, 1.82) is 0 Å². The summed E-state index contributed by atoms with van der Waals surface area (Å²) >= 11 is 0. The molecule has 2 N–H and O–H groups in total. The number of aromatic amines is 1. The quantitative estimate of drug-likeness (QED) is 0.833. The molecule has 18 heavy (non-hydrogen) atoms. The minimum Gasteiger partial charge on any atom is -0.444 e. The maximum atomic E-state index is 11.7. The standard InChI is InChI=1S/C12H18N4O2/c1-10(2,3)18-9(17)14-12-5-11(6-12,7-12)8-4-13-16-15-8/h4H,5-7H2,1-3H3,(H,14,17)(H,13,15,16). The van der Waals surface area contributed by atoms with E-state index < -0.39 is 5.60 Å². The van der Waals surface area contributed by atoms with Gasteiger partial charge in [0.05, 0.1) is 11.9 Å². The smallest absolute Gasteiger partial charge is 0.408 e. The lowest BCUT2D eigenvalue weighted by atomic mass is 9.38. The molecule has 3 fully saturated rings. The first-order valence-electron chi connectivity index (χ1n) is 6.20. The molecule has 6 nitrogen and oxygen atoms in total. The average Bonchev–Trinajstić information content (AvgIpc) is 2.57. The van der Waals surface area contributed by atoms with Crippen molar-refractivity contribution in [3.8, 4) is 0 Å². The molecule has 0 atom stereocenters. The second-order valence-corrected chi connectivity index (χ2v) is 6.57. The summed E-state index contributed by atoms with van der Waals surface area (Å²) in [5.41, 5.74) is 0.635. The van der Waals surface area contributed by atoms with E-state index in [4.69, 9.17) is 4.74 Å². The number of hydrogen-bond donors (Lipinski definition) is 2. The summed E-state index contributed by atoms with van der Waals surface area (Å²) in [7, 11) is 0. The number of hydrogen-bond acceptors (Lipinski definition) is 4. The summed E-state index contributed by atoms with van der Waals surface area (Å²) < 4.78 is 5.27. The molecule has 0 saturated heterocycles. The highest BCUT2D eigenvalue weighted by Gasteiger charge is 2.70. The fraction of sp³-hybridized carbons (Fsp3) is 0.750. The topological polar surface area (TPSA) is 79.9 Å². The molecular formula is C12H18N4O2. The average molecular weight is 250 g/mol. The molecule has 3 aliphatic carbocycles. The molecule has 6 heteroatoms. The first-order valence-corrected chi connectivity index (χ1v) is 6.20. The van der Waals surface area contributed by atoms with Gasteiger partial charge >= 0.3 is 6.09 Å². The molecule has 98 valence electrons. The van der Waals surface area contributed by atoms with Crippen molar-refractivity contribution in [1.82, 2.24) is 20.7 Å². The first kappa shape index (κ1) is 11.5. The molecule has 1 aromatic rings. The van der Waals surface area contributed by atoms with Crippen LogP contribution < -0.4 is 5.32 Å². The predicted molar refractivity (Wildman–Crippen MR) is 64.0 cm³/mol. The molecule has 4 rings (SSSR count). The number of alkyl carbamates (subject to hydrolysis) is 1. The van der Waals surface area contributed by atoms with Crippen LogP contribution in [0, 0.1) is 0 Å². The van der Waals surface area contributed by atoms with E-state index in [1.807, 2.05) is 20.8 Å². The van der Waals surface area contributed by atoms with Crippen LogP contribution in [-0.2, 0) is 10.2 Å². The Hall–Kier alpha value is -1.59. The lowest BCUT2D eigenvalue weighted by molar-refractivity contribution is -0.0909. The van der Waals surface area contributed by atoms with Gasteiger partial charge in [-0.05, 0) is 40.0 Å². The van der Waals surface area contributed by atoms with E-state index in [2.05, 4.69) is 20.7 Å². The summed E-state index contributed by atoms with van der Waals surface area (Å²) in [6.07, 6.45) is 4.26. The van der Waals surface area contributed by atoms with Crippen molar-refractivity contribution < 1.29 is 9.53 Å². The van der Waals surface area contributed by atoms with Gasteiger partial charge in [0.1, 0.15) is 5.60 Å². The zero-order valence-corrected chi connectivity index (χ0v) is 10.9. The zero-order chi connectivity index (χ0) is 13.0. The Balaban J connectivity index is 1.56. The van der Waals surface area contributed by atoms with Gasteiger partial charge < -0.3 is 10.1 Å². The van der Waals surface area contributed by atoms with E-state index >= 15 is 0 Å². The van der Waals surface area contributed by atoms with E-state index in [1.165, 1.54) is 0 Å². The minimum absolute atomic E-state index is 0.0682. The van der Waals surface area contributed by atoms with E-state index in [1.54, 1.807) is 6.20 Å². The lowest BCUT2D eigenvalue weighted by Gasteiger charge is -2.69. The predicted octanol–water partition coefficient (Wildman–Crippen LogP) is 1.50. The van der Waals surface area contributed by atoms with Crippen molar-refractivity contribution in [2.24, 2.45) is 0 Å². The molecule has 0 unspecified atom stereocenters. The molecule has 1 aromatic heterocycles. The molecule has 1 heterocycles. The summed E-state index contributed by atoms with van der Waals surface area (Å²) in [6.45, 7) is 5.60. The monoisotopic (exact) mass is 250 g/mol. The Morgan fingerprint density at radius 2 is 2.11 bits per heavy atom. The highest BCUT2D eigenvalue weighted by atomic mass is 16.6. The number of amides is 1. The number of nitrogens with one attached hydrogen (secondary N) is 2. The summed E-state index contributed by atoms with van der Waals surface area (Å²) in [5, 5.41) is 13.6. The van der Waals surface area contributed by atoms with Crippen LogP contribution in [0.4, 0.5) is 4.79 Å². The molecule has 1 amide bonds. The molecule has 0 aromatic carbocycles. The highest BCUT2D eigenvalue weighted by molar-refractivity contribution is 5.70. The van der Waals surface area contributed by atoms with Crippen molar-refractivity contribution in [2.75, 3.05) is 0 Å². The van der Waals surface area contributed by atoms with Crippen LogP contribution in [-0.4, -0.2) is 32.6 Å². The highest BCUT2D eigenvalue weighted by Crippen LogP contribution is 2.67. The maximum Gasteiger partial charge on any atom is 0.408 e. The number of carbonyl (C=O) groups excluding carboxylic acids is 1. The van der Waals surface area contributed by atoms with Crippen molar-refractivity contribution in [3.05, 3.63) is 11.9 Å². The molecule has 0 spiro atoms. The van der Waals surface area contributed by atoms with Crippen LogP contribution >= 0.6 is 0 Å². The molecule has 0 radical (unpaired) electrons. The third kappa shape index (κ3) is 1.67. The van der Waals surface area contributed by atoms with E-state index in [0.29, 0.717) is 0 Å². The lowest BCUT2D eigenvalue weighted by Crippen LogP contribution is -2.77. The van der Waals surface area contributed by atoms with Gasteiger partial charge in [0.25, 0.3) is 0 Å². The van der Waals surface area contributed by atoms with E-state index in [9.17, 15) is 4.79 Å². The number of rotatable bonds is 2. The number of nitrogens with zero attached hydrogens (tertiary/aromatic N) is 2. The number of ether oxygens (including phenoxy) is 1. The van der Waals surface area contributed by atoms with Gasteiger partial charge in [0, 0.05) is 11.0 Å². The number of carbonyl (C=O) groups is 1. The summed E-state index contributed by atoms with van der Waals surface area (Å²) in [4.78, 5) is 11.7. The van der Waals surface area contributed by atoms with Gasteiger partial charge in [-0.2, -0.15) is 15.4 Å². The van der Waals surface area contributed by atoms with Gasteiger partial charge in [-0.15, -0.1) is 0 Å². The van der Waals surface area contributed by atoms with Gasteiger partial charge in [-0.1, -0.05) is 0 Å². The van der Waals surface area contributed by atoms with E-state index in [-0.39, 0.29) is 17.0 Å². The first-order chi connectivity index (χ1) is 8.33. The third-order valence-corrected chi connectivity index (χ3v) is 3.75. The largest absolute Gasteiger partial charge is 0.444 e. The minimum atomic E-state index is -0.447. The molecule has 3 saturated carbocycles. The van der Waals surface area contributed by atoms with Crippen LogP contribution in [0.3, 0.4) is 0 Å². The Morgan fingerprint density at radius 3 is 2.61 bits per heavy atom. The second-order valence-electron chi connectivity index (χ2n) is 6.57. The second kappa shape index (κ2) is 3.24. The van der Waals surface area contributed by atoms with Crippen LogP contribution in [0.15, 0.2) is 6.20 Å². The Kier molecular flexibility index (Phi) is 2.07. The molecular weight excluding hydrogens is 232 g/mol. The number of H-pyrrole nitrogens is 1. The summed E-state index contributed by atoms with van der Waals surface area (Å²) in [6, 6.07) is 0. The van der Waals surface area contributed by atoms with Gasteiger partial charge in [-0.25, -0.2) is 4.79 Å². The van der Waals surface area contributed by atoms with Crippen molar-refractivity contribution >= 4 is 6.09 Å².